The average molecular weight is 413 g/mol. The highest BCUT2D eigenvalue weighted by atomic mass is 35.5. The second kappa shape index (κ2) is 8.10. The minimum Gasteiger partial charge on any atom is -0.496 e. The van der Waals surface area contributed by atoms with E-state index in [4.69, 9.17) is 16.3 Å². The number of methoxy groups -OCH3 is 1. The Balaban J connectivity index is 1.83. The summed E-state index contributed by atoms with van der Waals surface area (Å²) in [4.78, 5) is 26.8. The number of amides is 2. The lowest BCUT2D eigenvalue weighted by Gasteiger charge is -2.25. The summed E-state index contributed by atoms with van der Waals surface area (Å²) in [6.07, 6.45) is 0.888. The summed E-state index contributed by atoms with van der Waals surface area (Å²) in [5, 5.41) is 2.55. The molecule has 9 heteroatoms. The number of hydrogen-bond acceptors (Lipinski definition) is 3. The van der Waals surface area contributed by atoms with Crippen LogP contribution in [0, 0.1) is 17.5 Å². The first kappa shape index (κ1) is 20.0. The molecule has 0 spiro atoms. The molecule has 1 unspecified atom stereocenters. The highest BCUT2D eigenvalue weighted by Crippen LogP contribution is 2.28. The van der Waals surface area contributed by atoms with Crippen LogP contribution >= 0.6 is 11.6 Å². The van der Waals surface area contributed by atoms with E-state index in [0.717, 1.165) is 6.07 Å². The van der Waals surface area contributed by atoms with Crippen LogP contribution in [-0.2, 0) is 4.79 Å². The van der Waals surface area contributed by atoms with Gasteiger partial charge in [-0.25, -0.2) is 13.2 Å². The summed E-state index contributed by atoms with van der Waals surface area (Å²) >= 11 is 5.96. The van der Waals surface area contributed by atoms with Gasteiger partial charge in [-0.05, 0) is 43.2 Å². The Morgan fingerprint density at radius 1 is 1.18 bits per heavy atom. The molecule has 2 amide bonds. The van der Waals surface area contributed by atoms with Gasteiger partial charge in [0, 0.05) is 11.6 Å². The van der Waals surface area contributed by atoms with Gasteiger partial charge in [0.1, 0.15) is 11.8 Å². The molecule has 0 radical (unpaired) electrons. The average Bonchev–Trinajstić information content (AvgIpc) is 3.17. The van der Waals surface area contributed by atoms with Gasteiger partial charge in [-0.2, -0.15) is 0 Å². The molecular weight excluding hydrogens is 397 g/mol. The molecule has 148 valence electrons. The molecule has 2 aromatic carbocycles. The van der Waals surface area contributed by atoms with Crippen molar-refractivity contribution >= 4 is 29.1 Å². The van der Waals surface area contributed by atoms with Crippen LogP contribution in [0.2, 0.25) is 5.02 Å². The van der Waals surface area contributed by atoms with Gasteiger partial charge in [-0.15, -0.1) is 0 Å². The Bertz CT molecular complexity index is 939. The lowest BCUT2D eigenvalue weighted by Crippen LogP contribution is -2.43. The zero-order chi connectivity index (χ0) is 20.4. The van der Waals surface area contributed by atoms with Gasteiger partial charge in [0.15, 0.2) is 17.5 Å². The largest absolute Gasteiger partial charge is 0.496 e. The predicted octanol–water partition coefficient (Wildman–Crippen LogP) is 4.01. The van der Waals surface area contributed by atoms with Crippen LogP contribution in [0.25, 0.3) is 0 Å². The van der Waals surface area contributed by atoms with Crippen LogP contribution in [0.4, 0.5) is 18.9 Å². The molecule has 5 nitrogen and oxygen atoms in total. The third-order valence-electron chi connectivity index (χ3n) is 4.50. The van der Waals surface area contributed by atoms with Crippen molar-refractivity contribution in [1.82, 2.24) is 4.90 Å². The third kappa shape index (κ3) is 3.77. The SMILES string of the molecule is COc1ccc(Cl)cc1C(=O)N1CCCC1C(=O)Nc1ccc(F)c(F)c1F. The lowest BCUT2D eigenvalue weighted by atomic mass is 10.1. The van der Waals surface area contributed by atoms with Crippen molar-refractivity contribution in [3.05, 3.63) is 58.4 Å². The molecule has 0 aromatic heterocycles. The molecule has 1 aliphatic heterocycles. The van der Waals surface area contributed by atoms with E-state index >= 15 is 0 Å². The van der Waals surface area contributed by atoms with Crippen LogP contribution in [0.3, 0.4) is 0 Å². The first-order valence-corrected chi connectivity index (χ1v) is 8.80. The van der Waals surface area contributed by atoms with Gasteiger partial charge in [0.2, 0.25) is 5.91 Å². The molecular formula is C19H16ClF3N2O3. The van der Waals surface area contributed by atoms with Crippen molar-refractivity contribution < 1.29 is 27.5 Å². The van der Waals surface area contributed by atoms with Crippen LogP contribution in [0.5, 0.6) is 5.75 Å². The molecule has 1 heterocycles. The minimum atomic E-state index is -1.68. The summed E-state index contributed by atoms with van der Waals surface area (Å²) in [5.74, 6) is -5.41. The number of halogens is 4. The highest BCUT2D eigenvalue weighted by molar-refractivity contribution is 6.31. The van der Waals surface area contributed by atoms with Crippen LogP contribution in [-0.4, -0.2) is 36.4 Å². The Morgan fingerprint density at radius 3 is 2.64 bits per heavy atom. The number of rotatable bonds is 4. The molecule has 1 fully saturated rings. The Labute approximate surface area is 164 Å². The van der Waals surface area contributed by atoms with Gasteiger partial charge in [0.05, 0.1) is 18.4 Å². The Hall–Kier alpha value is -2.74. The van der Waals surface area contributed by atoms with Crippen molar-refractivity contribution in [2.75, 3.05) is 19.0 Å². The van der Waals surface area contributed by atoms with Gasteiger partial charge in [0.25, 0.3) is 5.91 Å². The standard InChI is InChI=1S/C19H16ClF3N2O3/c1-28-15-7-4-10(20)9-11(15)19(27)25-8-2-3-14(25)18(26)24-13-6-5-12(21)16(22)17(13)23/h4-7,9,14H,2-3,8H2,1H3,(H,24,26). The Kier molecular flexibility index (Phi) is 5.79. The highest BCUT2D eigenvalue weighted by Gasteiger charge is 2.36. The van der Waals surface area contributed by atoms with E-state index in [1.54, 1.807) is 6.07 Å². The number of anilines is 1. The number of carbonyl (C=O) groups excluding carboxylic acids is 2. The number of nitrogens with one attached hydrogen (secondary N) is 1. The number of carbonyl (C=O) groups is 2. The minimum absolute atomic E-state index is 0.189. The third-order valence-corrected chi connectivity index (χ3v) is 4.74. The fourth-order valence-electron chi connectivity index (χ4n) is 3.12. The van der Waals surface area contributed by atoms with E-state index < -0.39 is 41.0 Å². The lowest BCUT2D eigenvalue weighted by molar-refractivity contribution is -0.119. The van der Waals surface area contributed by atoms with E-state index in [9.17, 15) is 22.8 Å². The fourth-order valence-corrected chi connectivity index (χ4v) is 3.29. The fraction of sp³-hybridized carbons (Fsp3) is 0.263. The summed E-state index contributed by atoms with van der Waals surface area (Å²) < 4.78 is 45.4. The molecule has 28 heavy (non-hydrogen) atoms. The molecule has 1 aliphatic rings. The van der Waals surface area contributed by atoms with E-state index in [0.29, 0.717) is 36.2 Å². The van der Waals surface area contributed by atoms with E-state index in [-0.39, 0.29) is 5.56 Å². The number of likely N-dealkylation sites (tertiary alicyclic amines) is 1. The molecule has 1 atom stereocenters. The smallest absolute Gasteiger partial charge is 0.258 e. The van der Waals surface area contributed by atoms with Gasteiger partial charge >= 0.3 is 0 Å². The van der Waals surface area contributed by atoms with Gasteiger partial charge in [-0.1, -0.05) is 11.6 Å². The number of nitrogens with zero attached hydrogens (tertiary/aromatic N) is 1. The zero-order valence-corrected chi connectivity index (χ0v) is 15.5. The number of ether oxygens (including phenoxy) is 1. The van der Waals surface area contributed by atoms with Crippen molar-refractivity contribution in [2.24, 2.45) is 0 Å². The first-order chi connectivity index (χ1) is 13.3. The monoisotopic (exact) mass is 412 g/mol. The quantitative estimate of drug-likeness (QED) is 0.772. The summed E-state index contributed by atoms with van der Waals surface area (Å²) in [5.41, 5.74) is -0.308. The molecule has 3 rings (SSSR count). The predicted molar refractivity (Wildman–Crippen MR) is 97.0 cm³/mol. The molecule has 1 N–H and O–H groups in total. The molecule has 0 aliphatic carbocycles. The second-order valence-corrected chi connectivity index (χ2v) is 6.65. The maximum Gasteiger partial charge on any atom is 0.258 e. The zero-order valence-electron chi connectivity index (χ0n) is 14.8. The van der Waals surface area contributed by atoms with Crippen LogP contribution < -0.4 is 10.1 Å². The summed E-state index contributed by atoms with van der Waals surface area (Å²) in [6.45, 7) is 0.298. The van der Waals surface area contributed by atoms with E-state index in [1.165, 1.54) is 24.1 Å². The molecule has 1 saturated heterocycles. The van der Waals surface area contributed by atoms with Crippen molar-refractivity contribution in [1.29, 1.82) is 0 Å². The maximum atomic E-state index is 13.8. The van der Waals surface area contributed by atoms with Crippen molar-refractivity contribution in [2.45, 2.75) is 18.9 Å². The van der Waals surface area contributed by atoms with Crippen LogP contribution in [0.15, 0.2) is 30.3 Å². The van der Waals surface area contributed by atoms with E-state index in [1.807, 2.05) is 0 Å². The molecule has 2 aromatic rings. The summed E-state index contributed by atoms with van der Waals surface area (Å²) in [6, 6.07) is 5.28. The maximum absolute atomic E-state index is 13.8. The number of benzene rings is 2. The number of hydrogen-bond donors (Lipinski definition) is 1. The summed E-state index contributed by atoms with van der Waals surface area (Å²) in [7, 11) is 1.40. The van der Waals surface area contributed by atoms with E-state index in [2.05, 4.69) is 5.32 Å². The van der Waals surface area contributed by atoms with Gasteiger partial charge in [-0.3, -0.25) is 9.59 Å². The normalized spacial score (nSPS) is 16.2. The van der Waals surface area contributed by atoms with Crippen molar-refractivity contribution in [3.8, 4) is 5.75 Å². The Morgan fingerprint density at radius 2 is 1.93 bits per heavy atom. The van der Waals surface area contributed by atoms with Crippen LogP contribution in [0.1, 0.15) is 23.2 Å². The first-order valence-electron chi connectivity index (χ1n) is 8.42. The van der Waals surface area contributed by atoms with Crippen molar-refractivity contribution in [3.63, 3.8) is 0 Å². The molecule has 0 bridgehead atoms. The topological polar surface area (TPSA) is 58.6 Å². The second-order valence-electron chi connectivity index (χ2n) is 6.21. The molecule has 0 saturated carbocycles. The van der Waals surface area contributed by atoms with Gasteiger partial charge < -0.3 is 15.0 Å².